The molecule has 8 heteroatoms. The highest BCUT2D eigenvalue weighted by Crippen LogP contribution is 2.21. The Hall–Kier alpha value is -2.90. The summed E-state index contributed by atoms with van der Waals surface area (Å²) in [5, 5.41) is 15.7. The number of nitrogens with zero attached hydrogens (tertiary/aromatic N) is 5. The first-order valence-corrected chi connectivity index (χ1v) is 5.66. The Morgan fingerprint density at radius 3 is 2.60 bits per heavy atom. The van der Waals surface area contributed by atoms with E-state index in [1.54, 1.807) is 12.1 Å². The largest absolute Gasteiger partial charge is 0.243 e. The van der Waals surface area contributed by atoms with Gasteiger partial charge in [-0.1, -0.05) is 0 Å². The van der Waals surface area contributed by atoms with Crippen molar-refractivity contribution in [2.24, 2.45) is 0 Å². The van der Waals surface area contributed by atoms with Gasteiger partial charge in [0, 0.05) is 6.07 Å². The molecule has 0 amide bonds. The van der Waals surface area contributed by atoms with Crippen molar-refractivity contribution < 1.29 is 13.4 Å². The molecule has 0 aliphatic rings. The number of aromatic nitrogens is 5. The van der Waals surface area contributed by atoms with Gasteiger partial charge >= 0.3 is 0 Å². The Labute approximate surface area is 109 Å². The summed E-state index contributed by atoms with van der Waals surface area (Å²) in [6.07, 6.45) is 0. The lowest BCUT2D eigenvalue weighted by atomic mass is 10.3. The van der Waals surface area contributed by atoms with Crippen LogP contribution >= 0.6 is 0 Å². The summed E-state index contributed by atoms with van der Waals surface area (Å²) < 4.78 is 31.3. The van der Waals surface area contributed by atoms with Gasteiger partial charge in [-0.25, -0.2) is 13.4 Å². The minimum atomic E-state index is -0.750. The summed E-state index contributed by atoms with van der Waals surface area (Å²) >= 11 is 0. The van der Waals surface area contributed by atoms with E-state index in [2.05, 4.69) is 25.1 Å². The molecule has 4 rings (SSSR count). The average Bonchev–Trinajstić information content (AvgIpc) is 3.03. The normalized spacial score (nSPS) is 11.5. The second kappa shape index (κ2) is 3.80. The zero-order chi connectivity index (χ0) is 13.7. The monoisotopic (exact) mass is 273 g/mol. The molecule has 0 atom stereocenters. The summed E-state index contributed by atoms with van der Waals surface area (Å²) in [4.78, 5) is 1.09. The van der Waals surface area contributed by atoms with E-state index in [1.807, 2.05) is 0 Å². The van der Waals surface area contributed by atoms with Crippen LogP contribution in [0.4, 0.5) is 8.78 Å². The molecular weight excluding hydrogens is 268 g/mol. The average molecular weight is 273 g/mol. The van der Waals surface area contributed by atoms with E-state index in [-0.39, 0.29) is 5.69 Å². The summed E-state index contributed by atoms with van der Waals surface area (Å²) in [7, 11) is 0. The molecule has 20 heavy (non-hydrogen) atoms. The van der Waals surface area contributed by atoms with E-state index in [1.165, 1.54) is 6.07 Å². The lowest BCUT2D eigenvalue weighted by molar-refractivity contribution is 0.315. The molecule has 4 aromatic rings. The number of benzene rings is 2. The number of rotatable bonds is 1. The van der Waals surface area contributed by atoms with Gasteiger partial charge in [0.25, 0.3) is 0 Å². The van der Waals surface area contributed by atoms with Crippen molar-refractivity contribution in [3.05, 3.63) is 42.0 Å². The maximum atomic E-state index is 13.7. The van der Waals surface area contributed by atoms with Gasteiger partial charge in [-0.15, -0.1) is 15.0 Å². The smallest absolute Gasteiger partial charge is 0.164 e. The van der Waals surface area contributed by atoms with E-state index >= 15 is 0 Å². The van der Waals surface area contributed by atoms with Crippen molar-refractivity contribution in [3.8, 4) is 5.69 Å². The van der Waals surface area contributed by atoms with Crippen LogP contribution in [0.2, 0.25) is 0 Å². The van der Waals surface area contributed by atoms with E-state index in [0.29, 0.717) is 22.1 Å². The Balaban J connectivity index is 2.00. The lowest BCUT2D eigenvalue weighted by Crippen LogP contribution is -2.01. The molecule has 98 valence electrons. The molecule has 0 radical (unpaired) electrons. The molecule has 0 spiro atoms. The highest BCUT2D eigenvalue weighted by atomic mass is 19.1. The molecular formula is C12H5F2N5O. The van der Waals surface area contributed by atoms with Crippen LogP contribution in [0.1, 0.15) is 0 Å². The minimum absolute atomic E-state index is 0.0483. The van der Waals surface area contributed by atoms with Gasteiger partial charge in [0.15, 0.2) is 11.3 Å². The fourth-order valence-electron chi connectivity index (χ4n) is 1.98. The molecule has 0 saturated carbocycles. The van der Waals surface area contributed by atoms with E-state index in [9.17, 15) is 8.78 Å². The topological polar surface area (TPSA) is 69.6 Å². The number of hydrogen-bond donors (Lipinski definition) is 0. The maximum Gasteiger partial charge on any atom is 0.164 e. The Morgan fingerprint density at radius 2 is 1.75 bits per heavy atom. The number of halogens is 2. The SMILES string of the molecule is Fc1ccc(-n2nc3ccc4nonc4c3n2)c(F)c1. The zero-order valence-corrected chi connectivity index (χ0v) is 9.79. The number of fused-ring (bicyclic) bond motifs is 3. The standard InChI is InChI=1S/C12H5F2N5O/c13-6-1-4-10(7(14)5-6)19-15-8-2-3-9-12(11(8)16-19)18-20-17-9/h1-5H. The van der Waals surface area contributed by atoms with Crippen LogP contribution in [0.5, 0.6) is 0 Å². The lowest BCUT2D eigenvalue weighted by Gasteiger charge is -2.00. The summed E-state index contributed by atoms with van der Waals surface area (Å²) in [6, 6.07) is 6.53. The first-order valence-electron chi connectivity index (χ1n) is 5.66. The van der Waals surface area contributed by atoms with Gasteiger partial charge in [0.1, 0.15) is 28.1 Å². The Bertz CT molecular complexity index is 945. The van der Waals surface area contributed by atoms with Crippen LogP contribution in [-0.4, -0.2) is 25.3 Å². The third-order valence-electron chi connectivity index (χ3n) is 2.90. The van der Waals surface area contributed by atoms with Gasteiger partial charge in [0.05, 0.1) is 0 Å². The van der Waals surface area contributed by atoms with Crippen molar-refractivity contribution in [3.63, 3.8) is 0 Å². The predicted octanol–water partition coefficient (Wildman–Crippen LogP) is 2.23. The van der Waals surface area contributed by atoms with Crippen LogP contribution < -0.4 is 0 Å². The van der Waals surface area contributed by atoms with Crippen LogP contribution in [-0.2, 0) is 0 Å². The molecule has 2 aromatic carbocycles. The Kier molecular flexibility index (Phi) is 2.08. The zero-order valence-electron chi connectivity index (χ0n) is 9.79. The molecule has 2 aromatic heterocycles. The summed E-state index contributed by atoms with van der Waals surface area (Å²) in [5.74, 6) is -1.41. The van der Waals surface area contributed by atoms with Crippen molar-refractivity contribution >= 4 is 22.1 Å². The van der Waals surface area contributed by atoms with Crippen molar-refractivity contribution in [1.29, 1.82) is 0 Å². The first-order chi connectivity index (χ1) is 9.72. The van der Waals surface area contributed by atoms with Crippen molar-refractivity contribution in [2.75, 3.05) is 0 Å². The van der Waals surface area contributed by atoms with E-state index in [0.717, 1.165) is 16.9 Å². The molecule has 0 unspecified atom stereocenters. The first kappa shape index (κ1) is 11.0. The predicted molar refractivity (Wildman–Crippen MR) is 64.1 cm³/mol. The molecule has 0 fully saturated rings. The van der Waals surface area contributed by atoms with Crippen LogP contribution in [0.3, 0.4) is 0 Å². The van der Waals surface area contributed by atoms with Gasteiger partial charge in [-0.05, 0) is 34.6 Å². The fraction of sp³-hybridized carbons (Fsp3) is 0. The van der Waals surface area contributed by atoms with Crippen molar-refractivity contribution in [1.82, 2.24) is 25.3 Å². The van der Waals surface area contributed by atoms with Gasteiger partial charge in [0.2, 0.25) is 0 Å². The minimum Gasteiger partial charge on any atom is -0.243 e. The third-order valence-corrected chi connectivity index (χ3v) is 2.90. The molecule has 0 bridgehead atoms. The van der Waals surface area contributed by atoms with Gasteiger partial charge < -0.3 is 0 Å². The van der Waals surface area contributed by atoms with Crippen LogP contribution in [0.25, 0.3) is 27.8 Å². The van der Waals surface area contributed by atoms with Gasteiger partial charge in [-0.3, -0.25) is 0 Å². The quantitative estimate of drug-likeness (QED) is 0.532. The molecule has 0 saturated heterocycles. The molecule has 0 aliphatic carbocycles. The second-order valence-electron chi connectivity index (χ2n) is 4.15. The van der Waals surface area contributed by atoms with Gasteiger partial charge in [-0.2, -0.15) is 0 Å². The van der Waals surface area contributed by atoms with E-state index < -0.39 is 11.6 Å². The maximum absolute atomic E-state index is 13.7. The fourth-order valence-corrected chi connectivity index (χ4v) is 1.98. The summed E-state index contributed by atoms with van der Waals surface area (Å²) in [5.41, 5.74) is 1.97. The molecule has 6 nitrogen and oxygen atoms in total. The van der Waals surface area contributed by atoms with Crippen molar-refractivity contribution in [2.45, 2.75) is 0 Å². The van der Waals surface area contributed by atoms with E-state index in [4.69, 9.17) is 0 Å². The highest BCUT2D eigenvalue weighted by Gasteiger charge is 2.14. The third kappa shape index (κ3) is 1.48. The molecule has 2 heterocycles. The molecule has 0 aliphatic heterocycles. The highest BCUT2D eigenvalue weighted by molar-refractivity contribution is 5.98. The Morgan fingerprint density at radius 1 is 0.900 bits per heavy atom. The van der Waals surface area contributed by atoms with Crippen LogP contribution in [0.15, 0.2) is 35.0 Å². The second-order valence-corrected chi connectivity index (χ2v) is 4.15. The van der Waals surface area contributed by atoms with Crippen LogP contribution in [0, 0.1) is 11.6 Å². The number of hydrogen-bond acceptors (Lipinski definition) is 5. The summed E-state index contributed by atoms with van der Waals surface area (Å²) in [6.45, 7) is 0. The molecule has 0 N–H and O–H groups in total.